The summed E-state index contributed by atoms with van der Waals surface area (Å²) in [5, 5.41) is 12.3. The van der Waals surface area contributed by atoms with Crippen molar-refractivity contribution in [1.82, 2.24) is 9.88 Å². The van der Waals surface area contributed by atoms with Crippen LogP contribution in [0.4, 0.5) is 9.93 Å². The Morgan fingerprint density at radius 1 is 1.50 bits per heavy atom. The molecule has 1 unspecified atom stereocenters. The number of anilines is 1. The van der Waals surface area contributed by atoms with Gasteiger partial charge in [0.1, 0.15) is 0 Å². The molecule has 0 bridgehead atoms. The second kappa shape index (κ2) is 5.37. The van der Waals surface area contributed by atoms with E-state index in [2.05, 4.69) is 10.3 Å². The molecule has 108 valence electrons. The molecule has 1 fully saturated rings. The topological polar surface area (TPSA) is 91.8 Å². The Labute approximate surface area is 119 Å². The third-order valence-electron chi connectivity index (χ3n) is 3.53. The molecule has 0 saturated carbocycles. The van der Waals surface area contributed by atoms with Crippen LogP contribution in [0.3, 0.4) is 0 Å². The highest BCUT2D eigenvalue weighted by molar-refractivity contribution is 7.15. The second-order valence-electron chi connectivity index (χ2n) is 4.89. The largest absolute Gasteiger partial charge is 0.465 e. The molecular weight excluding hydrogens is 282 g/mol. The van der Waals surface area contributed by atoms with E-state index in [1.165, 1.54) is 16.2 Å². The molecule has 1 aromatic rings. The lowest BCUT2D eigenvalue weighted by Gasteiger charge is -2.22. The number of nitrogens with one attached hydrogen (secondary N) is 1. The SMILES string of the molecule is O=C(Nc1nc2c(s1)CN(C(=O)O)CC2)C1CCOC1. The first kappa shape index (κ1) is 13.3. The van der Waals surface area contributed by atoms with Gasteiger partial charge in [0, 0.05) is 24.4 Å². The highest BCUT2D eigenvalue weighted by Crippen LogP contribution is 2.29. The van der Waals surface area contributed by atoms with Crippen molar-refractivity contribution in [2.45, 2.75) is 19.4 Å². The summed E-state index contributed by atoms with van der Waals surface area (Å²) in [4.78, 5) is 29.6. The minimum absolute atomic E-state index is 0.0660. The third kappa shape index (κ3) is 2.61. The molecule has 2 amide bonds. The molecule has 1 aromatic heterocycles. The fourth-order valence-corrected chi connectivity index (χ4v) is 3.39. The lowest BCUT2D eigenvalue weighted by Crippen LogP contribution is -2.34. The molecule has 2 N–H and O–H groups in total. The van der Waals surface area contributed by atoms with Crippen molar-refractivity contribution in [2.75, 3.05) is 25.1 Å². The number of carboxylic acid groups (broad SMARTS) is 1. The number of aromatic nitrogens is 1. The minimum atomic E-state index is -0.919. The average Bonchev–Trinajstić information content (AvgIpc) is 3.06. The van der Waals surface area contributed by atoms with Crippen LogP contribution >= 0.6 is 11.3 Å². The molecule has 0 aliphatic carbocycles. The Hall–Kier alpha value is -1.67. The molecule has 20 heavy (non-hydrogen) atoms. The normalized spacial score (nSPS) is 21.6. The van der Waals surface area contributed by atoms with Crippen LogP contribution < -0.4 is 5.32 Å². The number of hydrogen-bond donors (Lipinski definition) is 2. The van der Waals surface area contributed by atoms with Gasteiger partial charge < -0.3 is 20.1 Å². The van der Waals surface area contributed by atoms with Gasteiger partial charge in [-0.2, -0.15) is 0 Å². The molecule has 2 aliphatic heterocycles. The number of rotatable bonds is 2. The molecule has 3 heterocycles. The summed E-state index contributed by atoms with van der Waals surface area (Å²) >= 11 is 1.35. The van der Waals surface area contributed by atoms with Crippen LogP contribution in [0.15, 0.2) is 0 Å². The smallest absolute Gasteiger partial charge is 0.407 e. The number of carbonyl (C=O) groups is 2. The highest BCUT2D eigenvalue weighted by Gasteiger charge is 2.27. The monoisotopic (exact) mass is 297 g/mol. The summed E-state index contributed by atoms with van der Waals surface area (Å²) in [6, 6.07) is 0. The predicted molar refractivity (Wildman–Crippen MR) is 71.8 cm³/mol. The minimum Gasteiger partial charge on any atom is -0.465 e. The van der Waals surface area contributed by atoms with Crippen LogP contribution in [0.1, 0.15) is 17.0 Å². The average molecular weight is 297 g/mol. The predicted octanol–water partition coefficient (Wildman–Crippen LogP) is 1.15. The van der Waals surface area contributed by atoms with Gasteiger partial charge in [0.05, 0.1) is 24.8 Å². The molecule has 1 atom stereocenters. The van der Waals surface area contributed by atoms with E-state index in [1.807, 2.05) is 0 Å². The van der Waals surface area contributed by atoms with Crippen molar-refractivity contribution in [1.29, 1.82) is 0 Å². The van der Waals surface area contributed by atoms with Crippen molar-refractivity contribution in [3.8, 4) is 0 Å². The zero-order valence-corrected chi connectivity index (χ0v) is 11.6. The Bertz CT molecular complexity index is 539. The lowest BCUT2D eigenvalue weighted by molar-refractivity contribution is -0.119. The van der Waals surface area contributed by atoms with Crippen molar-refractivity contribution < 1.29 is 19.4 Å². The van der Waals surface area contributed by atoms with Gasteiger partial charge in [-0.05, 0) is 6.42 Å². The zero-order chi connectivity index (χ0) is 14.1. The van der Waals surface area contributed by atoms with E-state index in [-0.39, 0.29) is 11.8 Å². The number of fused-ring (bicyclic) bond motifs is 1. The van der Waals surface area contributed by atoms with Crippen LogP contribution in [-0.4, -0.2) is 46.7 Å². The third-order valence-corrected chi connectivity index (χ3v) is 4.53. The first-order valence-corrected chi connectivity index (χ1v) is 7.30. The van der Waals surface area contributed by atoms with Gasteiger partial charge in [-0.15, -0.1) is 0 Å². The number of thiazole rings is 1. The van der Waals surface area contributed by atoms with Crippen molar-refractivity contribution in [2.24, 2.45) is 5.92 Å². The first-order valence-electron chi connectivity index (χ1n) is 6.48. The quantitative estimate of drug-likeness (QED) is 0.854. The maximum atomic E-state index is 12.0. The van der Waals surface area contributed by atoms with Gasteiger partial charge in [-0.25, -0.2) is 9.78 Å². The second-order valence-corrected chi connectivity index (χ2v) is 5.98. The molecule has 0 radical (unpaired) electrons. The number of hydrogen-bond acceptors (Lipinski definition) is 5. The molecule has 0 aromatic carbocycles. The van der Waals surface area contributed by atoms with E-state index in [0.29, 0.717) is 37.9 Å². The van der Waals surface area contributed by atoms with E-state index >= 15 is 0 Å². The highest BCUT2D eigenvalue weighted by atomic mass is 32.1. The number of amides is 2. The number of carbonyl (C=O) groups excluding carboxylic acids is 1. The van der Waals surface area contributed by atoms with Crippen molar-refractivity contribution in [3.05, 3.63) is 10.6 Å². The van der Waals surface area contributed by atoms with Crippen LogP contribution in [0.25, 0.3) is 0 Å². The van der Waals surface area contributed by atoms with E-state index in [1.54, 1.807) is 0 Å². The van der Waals surface area contributed by atoms with Gasteiger partial charge in [-0.1, -0.05) is 11.3 Å². The zero-order valence-electron chi connectivity index (χ0n) is 10.8. The van der Waals surface area contributed by atoms with E-state index < -0.39 is 6.09 Å². The van der Waals surface area contributed by atoms with Crippen LogP contribution in [0.5, 0.6) is 0 Å². The maximum Gasteiger partial charge on any atom is 0.407 e. The van der Waals surface area contributed by atoms with E-state index in [0.717, 1.165) is 17.0 Å². The summed E-state index contributed by atoms with van der Waals surface area (Å²) in [5.41, 5.74) is 0.894. The van der Waals surface area contributed by atoms with Gasteiger partial charge in [0.2, 0.25) is 5.91 Å². The van der Waals surface area contributed by atoms with Gasteiger partial charge in [0.25, 0.3) is 0 Å². The lowest BCUT2D eigenvalue weighted by atomic mass is 10.1. The fourth-order valence-electron chi connectivity index (χ4n) is 2.36. The Balaban J connectivity index is 1.67. The molecule has 7 nitrogen and oxygen atoms in total. The summed E-state index contributed by atoms with van der Waals surface area (Å²) in [6.07, 6.45) is 0.419. The Kier molecular flexibility index (Phi) is 3.58. The number of nitrogens with zero attached hydrogens (tertiary/aromatic N) is 2. The summed E-state index contributed by atoms with van der Waals surface area (Å²) < 4.78 is 5.19. The standard InChI is InChI=1S/C12H15N3O4S/c16-10(7-2-4-19-6-7)14-11-13-8-1-3-15(12(17)18)5-9(8)20-11/h7H,1-6H2,(H,17,18)(H,13,14,16). The fraction of sp³-hybridized carbons (Fsp3) is 0.583. The molecule has 0 spiro atoms. The van der Waals surface area contributed by atoms with Crippen LogP contribution in [0.2, 0.25) is 0 Å². The van der Waals surface area contributed by atoms with Gasteiger partial charge >= 0.3 is 6.09 Å². The van der Waals surface area contributed by atoms with Crippen LogP contribution in [0, 0.1) is 5.92 Å². The van der Waals surface area contributed by atoms with Gasteiger partial charge in [0.15, 0.2) is 5.13 Å². The summed E-state index contributed by atoms with van der Waals surface area (Å²) in [5.74, 6) is -0.171. The number of ether oxygens (including phenoxy) is 1. The van der Waals surface area contributed by atoms with Crippen molar-refractivity contribution >= 4 is 28.5 Å². The maximum absolute atomic E-state index is 12.0. The van der Waals surface area contributed by atoms with Gasteiger partial charge in [-0.3, -0.25) is 4.79 Å². The van der Waals surface area contributed by atoms with Crippen molar-refractivity contribution in [3.63, 3.8) is 0 Å². The summed E-state index contributed by atoms with van der Waals surface area (Å²) in [7, 11) is 0. The molecule has 2 aliphatic rings. The Morgan fingerprint density at radius 2 is 2.35 bits per heavy atom. The Morgan fingerprint density at radius 3 is 3.05 bits per heavy atom. The molecule has 3 rings (SSSR count). The first-order chi connectivity index (χ1) is 9.63. The van der Waals surface area contributed by atoms with E-state index in [9.17, 15) is 9.59 Å². The molecule has 1 saturated heterocycles. The van der Waals surface area contributed by atoms with Crippen LogP contribution in [-0.2, 0) is 22.5 Å². The molecule has 8 heteroatoms. The molecular formula is C12H15N3O4S. The van der Waals surface area contributed by atoms with E-state index in [4.69, 9.17) is 9.84 Å². The summed E-state index contributed by atoms with van der Waals surface area (Å²) in [6.45, 7) is 1.89.